The molecule has 2 N–H and O–H groups in total. The maximum absolute atomic E-state index is 12.5. The summed E-state index contributed by atoms with van der Waals surface area (Å²) >= 11 is 0. The molecule has 0 aliphatic rings. The summed E-state index contributed by atoms with van der Waals surface area (Å²) in [7, 11) is -1.80. The van der Waals surface area contributed by atoms with Gasteiger partial charge >= 0.3 is 0 Å². The lowest BCUT2D eigenvalue weighted by Gasteiger charge is -2.11. The zero-order valence-corrected chi connectivity index (χ0v) is 13.1. The number of rotatable bonds is 6. The zero-order chi connectivity index (χ0) is 15.5. The molecule has 6 nitrogen and oxygen atoms in total. The number of hydrogen-bond acceptors (Lipinski definition) is 5. The maximum atomic E-state index is 12.5. The molecule has 21 heavy (non-hydrogen) atoms. The molecule has 0 bridgehead atoms. The molecule has 0 atom stereocenters. The Morgan fingerprint density at radius 1 is 1.19 bits per heavy atom. The molecule has 0 fully saturated rings. The number of aryl methyl sites for hydroxylation is 2. The van der Waals surface area contributed by atoms with Crippen molar-refractivity contribution in [3.63, 3.8) is 0 Å². The summed E-state index contributed by atoms with van der Waals surface area (Å²) in [5.74, 6) is 0.624. The largest absolute Gasteiger partial charge is 0.361 e. The molecular formula is C14H19N3O3S. The maximum Gasteiger partial charge on any atom is 0.241 e. The van der Waals surface area contributed by atoms with Gasteiger partial charge in [0.15, 0.2) is 0 Å². The molecule has 7 heteroatoms. The lowest BCUT2D eigenvalue weighted by molar-refractivity contribution is 0.392. The summed E-state index contributed by atoms with van der Waals surface area (Å²) in [4.78, 5) is 0.283. The molecule has 0 saturated carbocycles. The van der Waals surface area contributed by atoms with Crippen LogP contribution in [-0.4, -0.2) is 20.6 Å². The van der Waals surface area contributed by atoms with Gasteiger partial charge in [0, 0.05) is 18.7 Å². The molecule has 0 amide bonds. The Bertz CT molecular complexity index is 703. The third-order valence-corrected chi connectivity index (χ3v) is 4.75. The van der Waals surface area contributed by atoms with E-state index in [0.29, 0.717) is 18.0 Å². The number of sulfonamides is 1. The van der Waals surface area contributed by atoms with Crippen molar-refractivity contribution >= 4 is 10.0 Å². The van der Waals surface area contributed by atoms with E-state index in [1.54, 1.807) is 39.1 Å². The van der Waals surface area contributed by atoms with Crippen LogP contribution in [0.3, 0.4) is 0 Å². The minimum Gasteiger partial charge on any atom is -0.361 e. The second kappa shape index (κ2) is 6.38. The fourth-order valence-electron chi connectivity index (χ4n) is 2.10. The minimum absolute atomic E-state index is 0.164. The summed E-state index contributed by atoms with van der Waals surface area (Å²) in [6.45, 7) is 4.20. The highest BCUT2D eigenvalue weighted by molar-refractivity contribution is 7.89. The van der Waals surface area contributed by atoms with E-state index >= 15 is 0 Å². The van der Waals surface area contributed by atoms with Gasteiger partial charge < -0.3 is 9.84 Å². The third kappa shape index (κ3) is 3.49. The molecule has 0 radical (unpaired) electrons. The number of benzene rings is 1. The Labute approximate surface area is 124 Å². The Morgan fingerprint density at radius 3 is 2.52 bits per heavy atom. The van der Waals surface area contributed by atoms with E-state index < -0.39 is 10.0 Å². The normalized spacial score (nSPS) is 11.8. The van der Waals surface area contributed by atoms with Crippen molar-refractivity contribution in [2.45, 2.75) is 31.8 Å². The molecule has 114 valence electrons. The van der Waals surface area contributed by atoms with E-state index in [9.17, 15) is 8.42 Å². The van der Waals surface area contributed by atoms with Crippen LogP contribution in [0.2, 0.25) is 0 Å². The Hall–Kier alpha value is -1.70. The molecule has 1 aromatic heterocycles. The highest BCUT2D eigenvalue weighted by Gasteiger charge is 2.19. The summed E-state index contributed by atoms with van der Waals surface area (Å²) < 4.78 is 32.5. The number of aromatic nitrogens is 1. The topological polar surface area (TPSA) is 84.2 Å². The first kappa shape index (κ1) is 15.7. The molecule has 0 aliphatic carbocycles. The second-order valence-corrected chi connectivity index (χ2v) is 6.50. The van der Waals surface area contributed by atoms with Crippen LogP contribution in [0.15, 0.2) is 33.7 Å². The predicted octanol–water partition coefficient (Wildman–Crippen LogP) is 1.49. The van der Waals surface area contributed by atoms with Crippen molar-refractivity contribution in [2.24, 2.45) is 0 Å². The Balaban J connectivity index is 2.23. The first-order chi connectivity index (χ1) is 9.95. The van der Waals surface area contributed by atoms with Crippen LogP contribution >= 0.6 is 0 Å². The van der Waals surface area contributed by atoms with E-state index in [1.807, 2.05) is 6.07 Å². The van der Waals surface area contributed by atoms with Crippen molar-refractivity contribution in [3.05, 3.63) is 46.8 Å². The van der Waals surface area contributed by atoms with Crippen LogP contribution in [0.1, 0.15) is 22.6 Å². The van der Waals surface area contributed by atoms with Crippen LogP contribution in [0.5, 0.6) is 0 Å². The van der Waals surface area contributed by atoms with E-state index in [4.69, 9.17) is 4.52 Å². The van der Waals surface area contributed by atoms with Crippen molar-refractivity contribution in [3.8, 4) is 0 Å². The van der Waals surface area contributed by atoms with Gasteiger partial charge in [0.05, 0.1) is 10.6 Å². The fourth-order valence-corrected chi connectivity index (χ4v) is 3.33. The highest BCUT2D eigenvalue weighted by atomic mass is 32.2. The molecule has 0 saturated heterocycles. The predicted molar refractivity (Wildman–Crippen MR) is 79.2 cm³/mol. The summed E-state index contributed by atoms with van der Waals surface area (Å²) in [5.41, 5.74) is 2.19. The van der Waals surface area contributed by atoms with Crippen molar-refractivity contribution < 1.29 is 12.9 Å². The van der Waals surface area contributed by atoms with Gasteiger partial charge in [-0.3, -0.25) is 0 Å². The average molecular weight is 309 g/mol. The first-order valence-corrected chi connectivity index (χ1v) is 8.08. The Morgan fingerprint density at radius 2 is 1.90 bits per heavy atom. The van der Waals surface area contributed by atoms with Gasteiger partial charge in [-0.15, -0.1) is 0 Å². The zero-order valence-electron chi connectivity index (χ0n) is 12.3. The molecule has 0 aliphatic heterocycles. The molecule has 2 rings (SSSR count). The lowest BCUT2D eigenvalue weighted by Crippen LogP contribution is -2.25. The van der Waals surface area contributed by atoms with Gasteiger partial charge in [0.25, 0.3) is 0 Å². The van der Waals surface area contributed by atoms with Crippen LogP contribution in [0, 0.1) is 13.8 Å². The van der Waals surface area contributed by atoms with Gasteiger partial charge in [0.2, 0.25) is 10.0 Å². The first-order valence-electron chi connectivity index (χ1n) is 6.59. The smallest absolute Gasteiger partial charge is 0.241 e. The monoisotopic (exact) mass is 309 g/mol. The van der Waals surface area contributed by atoms with Crippen molar-refractivity contribution in [1.82, 2.24) is 15.2 Å². The van der Waals surface area contributed by atoms with Crippen LogP contribution < -0.4 is 10.0 Å². The molecular weight excluding hydrogens is 290 g/mol. The quantitative estimate of drug-likeness (QED) is 0.844. The second-order valence-electron chi connectivity index (χ2n) is 4.77. The van der Waals surface area contributed by atoms with Gasteiger partial charge in [-0.1, -0.05) is 23.4 Å². The summed E-state index contributed by atoms with van der Waals surface area (Å²) in [6.07, 6.45) is 0. The minimum atomic E-state index is -3.58. The van der Waals surface area contributed by atoms with Crippen molar-refractivity contribution in [2.75, 3.05) is 7.05 Å². The number of hydrogen-bond donors (Lipinski definition) is 2. The summed E-state index contributed by atoms with van der Waals surface area (Å²) in [5, 5.41) is 6.78. The van der Waals surface area contributed by atoms with E-state index in [2.05, 4.69) is 15.2 Å². The van der Waals surface area contributed by atoms with Crippen LogP contribution in [0.25, 0.3) is 0 Å². The number of nitrogens with zero attached hydrogens (tertiary/aromatic N) is 1. The van der Waals surface area contributed by atoms with Crippen LogP contribution in [0.4, 0.5) is 0 Å². The van der Waals surface area contributed by atoms with Gasteiger partial charge in [-0.05, 0) is 32.5 Å². The van der Waals surface area contributed by atoms with Gasteiger partial charge in [-0.2, -0.15) is 0 Å². The van der Waals surface area contributed by atoms with E-state index in [-0.39, 0.29) is 11.4 Å². The van der Waals surface area contributed by atoms with Crippen LogP contribution in [-0.2, 0) is 23.1 Å². The molecule has 0 unspecified atom stereocenters. The average Bonchev–Trinajstić information content (AvgIpc) is 2.77. The Kier molecular flexibility index (Phi) is 4.76. The molecule has 0 spiro atoms. The standard InChI is InChI=1S/C14H19N3O3S/c1-10-13(11(2)20-17-10)9-16-21(18,19)14-7-5-4-6-12(14)8-15-3/h4-7,15-16H,8-9H2,1-3H3. The van der Waals surface area contributed by atoms with Crippen molar-refractivity contribution in [1.29, 1.82) is 0 Å². The SMILES string of the molecule is CNCc1ccccc1S(=O)(=O)NCc1c(C)noc1C. The summed E-state index contributed by atoms with van der Waals surface area (Å²) in [6, 6.07) is 6.92. The lowest BCUT2D eigenvalue weighted by atomic mass is 10.2. The van der Waals surface area contributed by atoms with E-state index in [0.717, 1.165) is 11.1 Å². The third-order valence-electron chi connectivity index (χ3n) is 3.25. The molecule has 1 heterocycles. The van der Waals surface area contributed by atoms with E-state index in [1.165, 1.54) is 0 Å². The highest BCUT2D eigenvalue weighted by Crippen LogP contribution is 2.17. The fraction of sp³-hybridized carbons (Fsp3) is 0.357. The molecule has 2 aromatic rings. The van der Waals surface area contributed by atoms with Gasteiger partial charge in [0.1, 0.15) is 5.76 Å². The van der Waals surface area contributed by atoms with Gasteiger partial charge in [-0.25, -0.2) is 13.1 Å². The molecule has 1 aromatic carbocycles. The number of nitrogens with one attached hydrogen (secondary N) is 2.